The van der Waals surface area contributed by atoms with Crippen molar-refractivity contribution in [1.82, 2.24) is 0 Å². The third kappa shape index (κ3) is 2.98. The molecule has 2 aromatic rings. The van der Waals surface area contributed by atoms with Gasteiger partial charge in [-0.3, -0.25) is 4.79 Å². The van der Waals surface area contributed by atoms with Crippen LogP contribution in [-0.2, 0) is 4.79 Å². The van der Waals surface area contributed by atoms with E-state index in [4.69, 9.17) is 10.8 Å². The highest BCUT2D eigenvalue weighted by atomic mass is 19.1. The van der Waals surface area contributed by atoms with Crippen molar-refractivity contribution in [1.29, 1.82) is 0 Å². The van der Waals surface area contributed by atoms with E-state index in [2.05, 4.69) is 0 Å². The topological polar surface area (TPSA) is 63.3 Å². The van der Waals surface area contributed by atoms with Crippen molar-refractivity contribution in [3.63, 3.8) is 0 Å². The summed E-state index contributed by atoms with van der Waals surface area (Å²) >= 11 is 0. The highest BCUT2D eigenvalue weighted by molar-refractivity contribution is 5.69. The van der Waals surface area contributed by atoms with Crippen molar-refractivity contribution >= 4 is 5.97 Å². The summed E-state index contributed by atoms with van der Waals surface area (Å²) < 4.78 is 14.4. The lowest BCUT2D eigenvalue weighted by Gasteiger charge is -2.13. The SMILES string of the molecule is N[C@@H](CC(=O)O)c1cccc(-c2ccccc2)c1F. The molecule has 0 spiro atoms. The Bertz CT molecular complexity index is 584. The molecule has 0 aromatic heterocycles. The van der Waals surface area contributed by atoms with Crippen molar-refractivity contribution in [3.8, 4) is 11.1 Å². The smallest absolute Gasteiger partial charge is 0.305 e. The summed E-state index contributed by atoms with van der Waals surface area (Å²) in [6.45, 7) is 0. The first-order valence-corrected chi connectivity index (χ1v) is 5.91. The summed E-state index contributed by atoms with van der Waals surface area (Å²) in [5.41, 5.74) is 7.12. The van der Waals surface area contributed by atoms with Crippen LogP contribution in [0.5, 0.6) is 0 Å². The minimum atomic E-state index is -1.04. The summed E-state index contributed by atoms with van der Waals surface area (Å²) in [5, 5.41) is 8.72. The first kappa shape index (κ1) is 13.2. The van der Waals surface area contributed by atoms with Crippen molar-refractivity contribution < 1.29 is 14.3 Å². The van der Waals surface area contributed by atoms with Crippen molar-refractivity contribution in [2.24, 2.45) is 5.73 Å². The van der Waals surface area contributed by atoms with Crippen molar-refractivity contribution in [2.75, 3.05) is 0 Å². The molecule has 4 heteroatoms. The van der Waals surface area contributed by atoms with Crippen LogP contribution < -0.4 is 5.73 Å². The molecule has 0 unspecified atom stereocenters. The Morgan fingerprint density at radius 2 is 1.84 bits per heavy atom. The van der Waals surface area contributed by atoms with E-state index in [0.29, 0.717) is 5.56 Å². The van der Waals surface area contributed by atoms with Crippen LogP contribution in [0, 0.1) is 5.82 Å². The molecule has 0 bridgehead atoms. The second-order valence-electron chi connectivity index (χ2n) is 4.28. The van der Waals surface area contributed by atoms with E-state index < -0.39 is 17.8 Å². The first-order chi connectivity index (χ1) is 9.09. The van der Waals surface area contributed by atoms with E-state index >= 15 is 0 Å². The number of aliphatic carboxylic acids is 1. The van der Waals surface area contributed by atoms with Crippen LogP contribution in [0.1, 0.15) is 18.0 Å². The zero-order valence-corrected chi connectivity index (χ0v) is 10.2. The van der Waals surface area contributed by atoms with Gasteiger partial charge in [0.2, 0.25) is 0 Å². The molecule has 3 nitrogen and oxygen atoms in total. The molecule has 98 valence electrons. The summed E-state index contributed by atoms with van der Waals surface area (Å²) in [4.78, 5) is 10.6. The molecule has 19 heavy (non-hydrogen) atoms. The molecule has 0 heterocycles. The van der Waals surface area contributed by atoms with Gasteiger partial charge in [0.05, 0.1) is 6.42 Å². The number of hydrogen-bond donors (Lipinski definition) is 2. The van der Waals surface area contributed by atoms with Crippen LogP contribution in [0.25, 0.3) is 11.1 Å². The van der Waals surface area contributed by atoms with Crippen molar-refractivity contribution in [3.05, 3.63) is 59.9 Å². The fourth-order valence-electron chi connectivity index (χ4n) is 1.97. The fourth-order valence-corrected chi connectivity index (χ4v) is 1.97. The van der Waals surface area contributed by atoms with E-state index in [-0.39, 0.29) is 12.0 Å². The van der Waals surface area contributed by atoms with Gasteiger partial charge < -0.3 is 10.8 Å². The van der Waals surface area contributed by atoms with Gasteiger partial charge in [-0.2, -0.15) is 0 Å². The van der Waals surface area contributed by atoms with Gasteiger partial charge in [0.1, 0.15) is 5.82 Å². The average molecular weight is 259 g/mol. The molecule has 2 aromatic carbocycles. The number of carboxylic acids is 1. The molecule has 2 rings (SSSR count). The zero-order valence-electron chi connectivity index (χ0n) is 10.2. The third-order valence-corrected chi connectivity index (χ3v) is 2.91. The predicted molar refractivity (Wildman–Crippen MR) is 71.0 cm³/mol. The van der Waals surface area contributed by atoms with Gasteiger partial charge in [-0.25, -0.2) is 4.39 Å². The Morgan fingerprint density at radius 1 is 1.16 bits per heavy atom. The molecule has 0 radical (unpaired) electrons. The van der Waals surface area contributed by atoms with Gasteiger partial charge >= 0.3 is 5.97 Å². The van der Waals surface area contributed by atoms with Gasteiger partial charge in [-0.15, -0.1) is 0 Å². The highest BCUT2D eigenvalue weighted by Gasteiger charge is 2.17. The summed E-state index contributed by atoms with van der Waals surface area (Å²) in [7, 11) is 0. The van der Waals surface area contributed by atoms with Gasteiger partial charge in [0, 0.05) is 17.2 Å². The molecule has 3 N–H and O–H groups in total. The quantitative estimate of drug-likeness (QED) is 0.887. The van der Waals surface area contributed by atoms with Crippen molar-refractivity contribution in [2.45, 2.75) is 12.5 Å². The Morgan fingerprint density at radius 3 is 2.47 bits per heavy atom. The Labute approximate surface area is 110 Å². The fraction of sp³-hybridized carbons (Fsp3) is 0.133. The number of hydrogen-bond acceptors (Lipinski definition) is 2. The van der Waals surface area contributed by atoms with E-state index in [1.165, 1.54) is 6.07 Å². The van der Waals surface area contributed by atoms with Gasteiger partial charge in [0.15, 0.2) is 0 Å². The third-order valence-electron chi connectivity index (χ3n) is 2.91. The van der Waals surface area contributed by atoms with Crippen LogP contribution >= 0.6 is 0 Å². The molecular weight excluding hydrogens is 245 g/mol. The van der Waals surface area contributed by atoms with Crippen LogP contribution in [0.2, 0.25) is 0 Å². The lowest BCUT2D eigenvalue weighted by atomic mass is 9.97. The van der Waals surface area contributed by atoms with Crippen LogP contribution in [0.15, 0.2) is 48.5 Å². The molecule has 0 saturated carbocycles. The molecule has 0 saturated heterocycles. The maximum Gasteiger partial charge on any atom is 0.305 e. The Kier molecular flexibility index (Phi) is 3.92. The maximum absolute atomic E-state index is 14.4. The molecule has 0 aliphatic rings. The molecule has 0 aliphatic carbocycles. The van der Waals surface area contributed by atoms with E-state index in [0.717, 1.165) is 5.56 Å². The normalized spacial score (nSPS) is 12.1. The molecule has 0 amide bonds. The number of rotatable bonds is 4. The number of carbonyl (C=O) groups is 1. The Hall–Kier alpha value is -2.20. The standard InChI is InChI=1S/C15H14FNO2/c16-15-11(10-5-2-1-3-6-10)7-4-8-12(15)13(17)9-14(18)19/h1-8,13H,9,17H2,(H,18,19)/t13-/m0/s1. The Balaban J connectivity index is 2.41. The monoisotopic (exact) mass is 259 g/mol. The lowest BCUT2D eigenvalue weighted by molar-refractivity contribution is -0.137. The first-order valence-electron chi connectivity index (χ1n) is 5.91. The maximum atomic E-state index is 14.4. The predicted octanol–water partition coefficient (Wildman–Crippen LogP) is 2.97. The number of nitrogens with two attached hydrogens (primary N) is 1. The average Bonchev–Trinajstić information content (AvgIpc) is 2.39. The highest BCUT2D eigenvalue weighted by Crippen LogP contribution is 2.28. The van der Waals surface area contributed by atoms with Gasteiger partial charge in [-0.1, -0.05) is 48.5 Å². The number of halogens is 1. The molecular formula is C15H14FNO2. The van der Waals surface area contributed by atoms with Gasteiger partial charge in [-0.05, 0) is 5.56 Å². The number of benzene rings is 2. The molecule has 0 aliphatic heterocycles. The molecule has 0 fully saturated rings. The minimum Gasteiger partial charge on any atom is -0.481 e. The largest absolute Gasteiger partial charge is 0.481 e. The number of carboxylic acid groups (broad SMARTS) is 1. The summed E-state index contributed by atoms with van der Waals surface area (Å²) in [6, 6.07) is 13.1. The van der Waals surface area contributed by atoms with Crippen LogP contribution in [-0.4, -0.2) is 11.1 Å². The van der Waals surface area contributed by atoms with E-state index in [1.54, 1.807) is 24.3 Å². The second-order valence-corrected chi connectivity index (χ2v) is 4.28. The minimum absolute atomic E-state index is 0.226. The zero-order chi connectivity index (χ0) is 13.8. The van der Waals surface area contributed by atoms with E-state index in [9.17, 15) is 9.18 Å². The van der Waals surface area contributed by atoms with Crippen LogP contribution in [0.3, 0.4) is 0 Å². The van der Waals surface area contributed by atoms with Gasteiger partial charge in [0.25, 0.3) is 0 Å². The summed E-state index contributed by atoms with van der Waals surface area (Å²) in [6.07, 6.45) is -0.296. The molecule has 1 atom stereocenters. The summed E-state index contributed by atoms with van der Waals surface area (Å²) in [5.74, 6) is -1.50. The van der Waals surface area contributed by atoms with Crippen LogP contribution in [0.4, 0.5) is 4.39 Å². The van der Waals surface area contributed by atoms with E-state index in [1.807, 2.05) is 18.2 Å². The second kappa shape index (κ2) is 5.63. The lowest BCUT2D eigenvalue weighted by Crippen LogP contribution is -2.16.